The van der Waals surface area contributed by atoms with E-state index in [1.54, 1.807) is 24.4 Å². The van der Waals surface area contributed by atoms with E-state index in [9.17, 15) is 18.0 Å². The van der Waals surface area contributed by atoms with Gasteiger partial charge in [0.05, 0.1) is 6.04 Å². The molecule has 2 aromatic heterocycles. The molecule has 1 fully saturated rings. The van der Waals surface area contributed by atoms with E-state index in [0.717, 1.165) is 25.6 Å². The number of hydrogen-bond acceptors (Lipinski definition) is 4. The number of benzene rings is 1. The van der Waals surface area contributed by atoms with Crippen LogP contribution in [0.2, 0.25) is 0 Å². The summed E-state index contributed by atoms with van der Waals surface area (Å²) in [5.74, 6) is -0.0807. The molecule has 28 heavy (non-hydrogen) atoms. The van der Waals surface area contributed by atoms with Crippen LogP contribution in [0.15, 0.2) is 47.5 Å². The molecule has 4 rings (SSSR count). The van der Waals surface area contributed by atoms with Gasteiger partial charge in [-0.05, 0) is 24.6 Å². The number of halogens is 3. The first kappa shape index (κ1) is 18.4. The maximum Gasteiger partial charge on any atom is 0.433 e. The SMILES string of the molecule is Cc1c(C(F)(F)F)nc(-c2cccc(CN3CC(n4cccn4)C3)c2)[nH]c1=O. The second-order valence-electron chi connectivity index (χ2n) is 6.92. The highest BCUT2D eigenvalue weighted by Gasteiger charge is 2.36. The Balaban J connectivity index is 1.53. The number of H-pyrrole nitrogens is 1. The van der Waals surface area contributed by atoms with Crippen LogP contribution in [0, 0.1) is 6.92 Å². The van der Waals surface area contributed by atoms with Crippen molar-refractivity contribution >= 4 is 0 Å². The first-order valence-electron chi connectivity index (χ1n) is 8.80. The van der Waals surface area contributed by atoms with Gasteiger partial charge < -0.3 is 4.98 Å². The van der Waals surface area contributed by atoms with Gasteiger partial charge in [0.1, 0.15) is 5.82 Å². The average molecular weight is 389 g/mol. The Morgan fingerprint density at radius 2 is 2.04 bits per heavy atom. The number of hydrogen-bond donors (Lipinski definition) is 1. The fourth-order valence-corrected chi connectivity index (χ4v) is 3.36. The highest BCUT2D eigenvalue weighted by molar-refractivity contribution is 5.56. The van der Waals surface area contributed by atoms with E-state index in [4.69, 9.17) is 0 Å². The molecule has 1 saturated heterocycles. The van der Waals surface area contributed by atoms with E-state index in [1.165, 1.54) is 0 Å². The third-order valence-corrected chi connectivity index (χ3v) is 4.86. The Morgan fingerprint density at radius 3 is 2.71 bits per heavy atom. The van der Waals surface area contributed by atoms with Crippen molar-refractivity contribution in [3.8, 4) is 11.4 Å². The number of aromatic amines is 1. The summed E-state index contributed by atoms with van der Waals surface area (Å²) in [4.78, 5) is 20.3. The van der Waals surface area contributed by atoms with E-state index in [0.29, 0.717) is 18.2 Å². The van der Waals surface area contributed by atoms with Crippen LogP contribution in [-0.2, 0) is 12.7 Å². The van der Waals surface area contributed by atoms with Gasteiger partial charge in [0.25, 0.3) is 5.56 Å². The van der Waals surface area contributed by atoms with Gasteiger partial charge in [-0.2, -0.15) is 18.3 Å². The molecule has 9 heteroatoms. The normalized spacial score (nSPS) is 15.6. The number of nitrogens with zero attached hydrogens (tertiary/aromatic N) is 4. The van der Waals surface area contributed by atoms with Crippen molar-refractivity contribution in [1.29, 1.82) is 0 Å². The third-order valence-electron chi connectivity index (χ3n) is 4.86. The lowest BCUT2D eigenvalue weighted by atomic mass is 10.1. The standard InChI is InChI=1S/C19H18F3N5O/c1-12-16(19(20,21)22)24-17(25-18(12)28)14-5-2-4-13(8-14)9-26-10-15(11-26)27-7-3-6-23-27/h2-8,15H,9-11H2,1H3,(H,24,25,28). The Hall–Kier alpha value is -2.94. The molecule has 0 bridgehead atoms. The molecule has 146 valence electrons. The highest BCUT2D eigenvalue weighted by Crippen LogP contribution is 2.30. The van der Waals surface area contributed by atoms with E-state index < -0.39 is 23.0 Å². The lowest BCUT2D eigenvalue weighted by molar-refractivity contribution is -0.141. The van der Waals surface area contributed by atoms with Gasteiger partial charge in [0, 0.05) is 43.2 Å². The summed E-state index contributed by atoms with van der Waals surface area (Å²) in [5.41, 5.74) is -0.982. The van der Waals surface area contributed by atoms with Crippen LogP contribution in [0.1, 0.15) is 22.9 Å². The van der Waals surface area contributed by atoms with Gasteiger partial charge in [-0.25, -0.2) is 4.98 Å². The van der Waals surface area contributed by atoms with Gasteiger partial charge >= 0.3 is 6.18 Å². The van der Waals surface area contributed by atoms with Gasteiger partial charge in [-0.3, -0.25) is 14.4 Å². The minimum absolute atomic E-state index is 0.0807. The zero-order valence-corrected chi connectivity index (χ0v) is 15.1. The Bertz CT molecular complexity index is 1040. The average Bonchev–Trinajstić information content (AvgIpc) is 3.13. The fraction of sp³-hybridized carbons (Fsp3) is 0.316. The lowest BCUT2D eigenvalue weighted by Crippen LogP contribution is -2.47. The van der Waals surface area contributed by atoms with Gasteiger partial charge in [0.15, 0.2) is 5.69 Å². The van der Waals surface area contributed by atoms with Crippen LogP contribution in [0.25, 0.3) is 11.4 Å². The second-order valence-corrected chi connectivity index (χ2v) is 6.92. The van der Waals surface area contributed by atoms with Gasteiger partial charge in [-0.1, -0.05) is 18.2 Å². The van der Waals surface area contributed by atoms with Crippen molar-refractivity contribution in [1.82, 2.24) is 24.6 Å². The van der Waals surface area contributed by atoms with Crippen molar-refractivity contribution in [2.75, 3.05) is 13.1 Å². The molecule has 6 nitrogen and oxygen atoms in total. The maximum atomic E-state index is 13.2. The van der Waals surface area contributed by atoms with E-state index in [2.05, 4.69) is 20.0 Å². The summed E-state index contributed by atoms with van der Waals surface area (Å²) < 4.78 is 41.4. The molecule has 1 N–H and O–H groups in total. The molecule has 0 radical (unpaired) electrons. The van der Waals surface area contributed by atoms with Crippen LogP contribution in [0.3, 0.4) is 0 Å². The van der Waals surface area contributed by atoms with E-state index in [-0.39, 0.29) is 5.82 Å². The molecule has 1 aromatic carbocycles. The van der Waals surface area contributed by atoms with Crippen LogP contribution in [0.4, 0.5) is 13.2 Å². The van der Waals surface area contributed by atoms with Crippen LogP contribution >= 0.6 is 0 Å². The molecule has 0 spiro atoms. The zero-order chi connectivity index (χ0) is 19.9. The second kappa shape index (κ2) is 6.90. The predicted molar refractivity (Wildman–Crippen MR) is 96.6 cm³/mol. The molecule has 1 aliphatic heterocycles. The molecule has 1 aliphatic rings. The van der Waals surface area contributed by atoms with Crippen LogP contribution < -0.4 is 5.56 Å². The molecular formula is C19H18F3N5O. The monoisotopic (exact) mass is 389 g/mol. The molecule has 0 saturated carbocycles. The molecule has 0 unspecified atom stereocenters. The van der Waals surface area contributed by atoms with Crippen LogP contribution in [-0.4, -0.2) is 37.7 Å². The lowest BCUT2D eigenvalue weighted by Gasteiger charge is -2.39. The number of nitrogens with one attached hydrogen (secondary N) is 1. The van der Waals surface area contributed by atoms with Crippen molar-refractivity contribution < 1.29 is 13.2 Å². The minimum atomic E-state index is -4.68. The highest BCUT2D eigenvalue weighted by atomic mass is 19.4. The summed E-state index contributed by atoms with van der Waals surface area (Å²) in [7, 11) is 0. The maximum absolute atomic E-state index is 13.2. The number of likely N-dealkylation sites (tertiary alicyclic amines) is 1. The Morgan fingerprint density at radius 1 is 1.25 bits per heavy atom. The van der Waals surface area contributed by atoms with Gasteiger partial charge in [-0.15, -0.1) is 0 Å². The Labute approximate surface area is 158 Å². The van der Waals surface area contributed by atoms with Crippen LogP contribution in [0.5, 0.6) is 0 Å². The number of alkyl halides is 3. The first-order valence-corrected chi connectivity index (χ1v) is 8.80. The largest absolute Gasteiger partial charge is 0.433 e. The molecule has 3 heterocycles. The summed E-state index contributed by atoms with van der Waals surface area (Å²) in [5, 5.41) is 4.23. The van der Waals surface area contributed by atoms with Crippen molar-refractivity contribution in [2.24, 2.45) is 0 Å². The first-order chi connectivity index (χ1) is 13.3. The quantitative estimate of drug-likeness (QED) is 0.745. The van der Waals surface area contributed by atoms with E-state index >= 15 is 0 Å². The molecule has 0 aliphatic carbocycles. The van der Waals surface area contributed by atoms with Crippen molar-refractivity contribution in [3.05, 3.63) is 69.9 Å². The molecular weight excluding hydrogens is 371 g/mol. The minimum Gasteiger partial charge on any atom is -0.306 e. The van der Waals surface area contributed by atoms with Gasteiger partial charge in [0.2, 0.25) is 0 Å². The van der Waals surface area contributed by atoms with E-state index in [1.807, 2.05) is 23.0 Å². The van der Waals surface area contributed by atoms with Crippen molar-refractivity contribution in [3.63, 3.8) is 0 Å². The zero-order valence-electron chi connectivity index (χ0n) is 15.1. The Kier molecular flexibility index (Phi) is 4.54. The number of rotatable bonds is 4. The fourth-order valence-electron chi connectivity index (χ4n) is 3.36. The third kappa shape index (κ3) is 3.57. The predicted octanol–water partition coefficient (Wildman–Crippen LogP) is 3.02. The smallest absolute Gasteiger partial charge is 0.306 e. The number of aromatic nitrogens is 4. The summed E-state index contributed by atoms with van der Waals surface area (Å²) >= 11 is 0. The summed E-state index contributed by atoms with van der Waals surface area (Å²) in [6.45, 7) is 3.48. The summed E-state index contributed by atoms with van der Waals surface area (Å²) in [6, 6.07) is 9.28. The molecule has 3 aromatic rings. The van der Waals surface area contributed by atoms with Crippen molar-refractivity contribution in [2.45, 2.75) is 25.7 Å². The molecule has 0 atom stereocenters. The summed E-state index contributed by atoms with van der Waals surface area (Å²) in [6.07, 6.45) is -0.999. The molecule has 0 amide bonds. The topological polar surface area (TPSA) is 66.8 Å².